The number of ether oxygens (including phenoxy) is 1. The zero-order chi connectivity index (χ0) is 10.5. The molecule has 1 spiro atoms. The van der Waals surface area contributed by atoms with Crippen LogP contribution in [0.25, 0.3) is 0 Å². The van der Waals surface area contributed by atoms with E-state index in [1.165, 1.54) is 24.8 Å². The van der Waals surface area contributed by atoms with Gasteiger partial charge in [-0.2, -0.15) is 0 Å². The van der Waals surface area contributed by atoms with E-state index in [9.17, 15) is 5.11 Å². The van der Waals surface area contributed by atoms with Gasteiger partial charge in [0, 0.05) is 12.8 Å². The van der Waals surface area contributed by atoms with Gasteiger partial charge in [-0.15, -0.1) is 0 Å². The van der Waals surface area contributed by atoms with Gasteiger partial charge >= 0.3 is 0 Å². The summed E-state index contributed by atoms with van der Waals surface area (Å²) in [5, 5.41) is 10.4. The van der Waals surface area contributed by atoms with Crippen LogP contribution in [0.2, 0.25) is 0 Å². The smallest absolute Gasteiger partial charge is 0.167 e. The van der Waals surface area contributed by atoms with E-state index in [0.29, 0.717) is 5.92 Å². The Morgan fingerprint density at radius 3 is 3.13 bits per heavy atom. The predicted molar refractivity (Wildman–Crippen MR) is 58.3 cm³/mol. The van der Waals surface area contributed by atoms with Crippen LogP contribution >= 0.6 is 0 Å². The van der Waals surface area contributed by atoms with E-state index in [4.69, 9.17) is 4.74 Å². The van der Waals surface area contributed by atoms with Crippen molar-refractivity contribution in [2.45, 2.75) is 63.3 Å². The first-order chi connectivity index (χ1) is 7.15. The normalized spacial score (nSPS) is 49.5. The van der Waals surface area contributed by atoms with Crippen molar-refractivity contribution in [2.24, 2.45) is 5.92 Å². The second-order valence-electron chi connectivity index (χ2n) is 5.51. The van der Waals surface area contributed by atoms with Crippen LogP contribution in [-0.4, -0.2) is 16.5 Å². The van der Waals surface area contributed by atoms with Gasteiger partial charge in [0.15, 0.2) is 5.79 Å². The standard InChI is InChI=1S/C13H20O2/c1-10-5-4-7-12(14)9-11-6-2-3-8-13(10,11)15-12/h5,11,14H,2-4,6-9H2,1H3/t11-,12-,13+/m0/s1. The predicted octanol–water partition coefficient (Wildman–Crippen LogP) is 2.76. The van der Waals surface area contributed by atoms with Crippen LogP contribution in [-0.2, 0) is 4.74 Å². The van der Waals surface area contributed by atoms with E-state index in [0.717, 1.165) is 25.7 Å². The molecule has 1 saturated heterocycles. The summed E-state index contributed by atoms with van der Waals surface area (Å²) in [6, 6.07) is 0. The lowest BCUT2D eigenvalue weighted by molar-refractivity contribution is -0.218. The third kappa shape index (κ3) is 1.31. The van der Waals surface area contributed by atoms with E-state index < -0.39 is 5.79 Å². The maximum Gasteiger partial charge on any atom is 0.167 e. The highest BCUT2D eigenvalue weighted by molar-refractivity contribution is 5.23. The molecule has 0 aromatic carbocycles. The van der Waals surface area contributed by atoms with Crippen LogP contribution in [0.1, 0.15) is 51.9 Å². The van der Waals surface area contributed by atoms with Gasteiger partial charge in [0.25, 0.3) is 0 Å². The number of hydrogen-bond donors (Lipinski definition) is 1. The molecular formula is C13H20O2. The van der Waals surface area contributed by atoms with E-state index in [-0.39, 0.29) is 5.60 Å². The summed E-state index contributed by atoms with van der Waals surface area (Å²) in [7, 11) is 0. The topological polar surface area (TPSA) is 29.5 Å². The van der Waals surface area contributed by atoms with Crippen molar-refractivity contribution in [3.63, 3.8) is 0 Å². The van der Waals surface area contributed by atoms with Crippen molar-refractivity contribution in [1.29, 1.82) is 0 Å². The minimum absolute atomic E-state index is 0.0938. The Hall–Kier alpha value is -0.340. The van der Waals surface area contributed by atoms with Gasteiger partial charge in [-0.25, -0.2) is 0 Å². The molecule has 2 heterocycles. The molecular weight excluding hydrogens is 188 g/mol. The largest absolute Gasteiger partial charge is 0.365 e. The molecule has 2 bridgehead atoms. The Morgan fingerprint density at radius 1 is 1.40 bits per heavy atom. The van der Waals surface area contributed by atoms with Gasteiger partial charge in [0.05, 0.1) is 5.60 Å². The van der Waals surface area contributed by atoms with E-state index in [1.807, 2.05) is 0 Å². The van der Waals surface area contributed by atoms with Gasteiger partial charge in [-0.05, 0) is 37.7 Å². The Bertz CT molecular complexity index is 310. The quantitative estimate of drug-likeness (QED) is 0.620. The molecule has 1 saturated carbocycles. The molecule has 3 atom stereocenters. The van der Waals surface area contributed by atoms with Crippen LogP contribution in [0.15, 0.2) is 11.6 Å². The summed E-state index contributed by atoms with van der Waals surface area (Å²) in [5.41, 5.74) is 1.28. The number of fused-ring (bicyclic) bond motifs is 1. The molecule has 0 radical (unpaired) electrons. The van der Waals surface area contributed by atoms with Crippen molar-refractivity contribution in [2.75, 3.05) is 0 Å². The summed E-state index contributed by atoms with van der Waals surface area (Å²) in [5.74, 6) is -0.253. The van der Waals surface area contributed by atoms with Crippen LogP contribution in [0.4, 0.5) is 0 Å². The first-order valence-corrected chi connectivity index (χ1v) is 6.24. The molecule has 1 N–H and O–H groups in total. The number of allylic oxidation sites excluding steroid dienone is 1. The fraction of sp³-hybridized carbons (Fsp3) is 0.846. The van der Waals surface area contributed by atoms with Crippen molar-refractivity contribution in [3.05, 3.63) is 11.6 Å². The lowest BCUT2D eigenvalue weighted by atomic mass is 9.70. The average molecular weight is 208 g/mol. The van der Waals surface area contributed by atoms with Crippen LogP contribution < -0.4 is 0 Å². The van der Waals surface area contributed by atoms with Crippen molar-refractivity contribution >= 4 is 0 Å². The molecule has 15 heavy (non-hydrogen) atoms. The van der Waals surface area contributed by atoms with E-state index >= 15 is 0 Å². The van der Waals surface area contributed by atoms with E-state index in [2.05, 4.69) is 13.0 Å². The highest BCUT2D eigenvalue weighted by atomic mass is 16.6. The molecule has 3 rings (SSSR count). The molecule has 0 aromatic heterocycles. The molecule has 0 unspecified atom stereocenters. The third-order valence-electron chi connectivity index (χ3n) is 4.60. The molecule has 0 amide bonds. The number of aliphatic hydroxyl groups is 1. The Balaban J connectivity index is 2.03. The summed E-state index contributed by atoms with van der Waals surface area (Å²) < 4.78 is 6.10. The Labute approximate surface area is 91.3 Å². The van der Waals surface area contributed by atoms with Gasteiger partial charge < -0.3 is 9.84 Å². The second-order valence-corrected chi connectivity index (χ2v) is 5.51. The summed E-state index contributed by atoms with van der Waals surface area (Å²) in [6.07, 6.45) is 9.79. The number of hydrogen-bond acceptors (Lipinski definition) is 2. The Morgan fingerprint density at radius 2 is 2.27 bits per heavy atom. The summed E-state index contributed by atoms with van der Waals surface area (Å²) >= 11 is 0. The SMILES string of the molecule is CC1=CCC[C@@]2(O)C[C@@H]3CCCC[C@@]13O2. The summed E-state index contributed by atoms with van der Waals surface area (Å²) in [6.45, 7) is 2.19. The minimum Gasteiger partial charge on any atom is -0.365 e. The van der Waals surface area contributed by atoms with Crippen LogP contribution in [0, 0.1) is 5.92 Å². The van der Waals surface area contributed by atoms with Gasteiger partial charge in [0.1, 0.15) is 0 Å². The third-order valence-corrected chi connectivity index (χ3v) is 4.60. The lowest BCUT2D eigenvalue weighted by Crippen LogP contribution is -2.40. The van der Waals surface area contributed by atoms with E-state index in [1.54, 1.807) is 0 Å². The molecule has 2 nitrogen and oxygen atoms in total. The van der Waals surface area contributed by atoms with Crippen LogP contribution in [0.5, 0.6) is 0 Å². The second kappa shape index (κ2) is 3.08. The zero-order valence-corrected chi connectivity index (χ0v) is 9.46. The minimum atomic E-state index is -0.816. The molecule has 3 aliphatic rings. The van der Waals surface area contributed by atoms with Crippen molar-refractivity contribution < 1.29 is 9.84 Å². The zero-order valence-electron chi connectivity index (χ0n) is 9.46. The van der Waals surface area contributed by atoms with Gasteiger partial charge in [0.2, 0.25) is 0 Å². The molecule has 84 valence electrons. The maximum atomic E-state index is 10.4. The maximum absolute atomic E-state index is 10.4. The molecule has 0 aromatic rings. The first-order valence-electron chi connectivity index (χ1n) is 6.24. The average Bonchev–Trinajstić information content (AvgIpc) is 2.44. The lowest BCUT2D eigenvalue weighted by Gasteiger charge is -2.39. The first kappa shape index (κ1) is 9.86. The fourth-order valence-electron chi connectivity index (χ4n) is 3.82. The number of rotatable bonds is 0. The molecule has 2 heteroatoms. The van der Waals surface area contributed by atoms with Crippen molar-refractivity contribution in [1.82, 2.24) is 0 Å². The monoisotopic (exact) mass is 208 g/mol. The molecule has 1 aliphatic carbocycles. The summed E-state index contributed by atoms with van der Waals surface area (Å²) in [4.78, 5) is 0. The molecule has 2 aliphatic heterocycles. The molecule has 2 fully saturated rings. The highest BCUT2D eigenvalue weighted by Crippen LogP contribution is 2.55. The fourth-order valence-corrected chi connectivity index (χ4v) is 3.82. The van der Waals surface area contributed by atoms with Gasteiger partial charge in [-0.1, -0.05) is 18.9 Å². The van der Waals surface area contributed by atoms with Gasteiger partial charge in [-0.3, -0.25) is 0 Å². The highest BCUT2D eigenvalue weighted by Gasteiger charge is 2.57. The Kier molecular flexibility index (Phi) is 2.02. The van der Waals surface area contributed by atoms with Crippen LogP contribution in [0.3, 0.4) is 0 Å². The van der Waals surface area contributed by atoms with Crippen molar-refractivity contribution in [3.8, 4) is 0 Å².